The van der Waals surface area contributed by atoms with Crippen molar-refractivity contribution in [3.8, 4) is 0 Å². The zero-order chi connectivity index (χ0) is 9.72. The van der Waals surface area contributed by atoms with Gasteiger partial charge in [-0.25, -0.2) is 0 Å². The number of rotatable bonds is 5. The molecule has 0 amide bonds. The van der Waals surface area contributed by atoms with E-state index in [1.165, 1.54) is 0 Å². The number of carboxylic acid groups (broad SMARTS) is 1. The topological polar surface area (TPSA) is 106 Å². The Kier molecular flexibility index (Phi) is 4.80. The first-order valence-electron chi connectivity index (χ1n) is 3.31. The molecule has 0 heterocycles. The first kappa shape index (κ1) is 11.4. The minimum Gasteiger partial charge on any atom is -0.480 e. The molecule has 0 aromatic rings. The van der Waals surface area contributed by atoms with Crippen LogP contribution in [0.3, 0.4) is 0 Å². The van der Waals surface area contributed by atoms with E-state index in [0.717, 1.165) is 0 Å². The molecule has 0 aliphatic rings. The predicted molar refractivity (Wildman–Crippen MR) is 43.9 cm³/mol. The van der Waals surface area contributed by atoms with Crippen LogP contribution in [0.1, 0.15) is 6.42 Å². The highest BCUT2D eigenvalue weighted by molar-refractivity contribution is 6.20. The van der Waals surface area contributed by atoms with Gasteiger partial charge < -0.3 is 16.6 Å². The molecule has 70 valence electrons. The number of ketones is 1. The lowest BCUT2D eigenvalue weighted by Gasteiger charge is -2.08. The molecule has 5 N–H and O–H groups in total. The van der Waals surface area contributed by atoms with Crippen molar-refractivity contribution in [2.24, 2.45) is 11.5 Å². The predicted octanol–water partition coefficient (Wildman–Crippen LogP) is -1.08. The van der Waals surface area contributed by atoms with Crippen LogP contribution in [-0.2, 0) is 9.59 Å². The Balaban J connectivity index is 3.92. The second-order valence-corrected chi connectivity index (χ2v) is 2.68. The van der Waals surface area contributed by atoms with Gasteiger partial charge in [-0.1, -0.05) is 0 Å². The summed E-state index contributed by atoms with van der Waals surface area (Å²) in [5.41, 5.74) is 10.3. The zero-order valence-corrected chi connectivity index (χ0v) is 7.12. The van der Waals surface area contributed by atoms with Gasteiger partial charge in [0, 0.05) is 12.3 Å². The van der Waals surface area contributed by atoms with E-state index in [1.54, 1.807) is 0 Å². The van der Waals surface area contributed by atoms with Gasteiger partial charge in [-0.15, -0.1) is 11.6 Å². The molecule has 0 saturated carbocycles. The summed E-state index contributed by atoms with van der Waals surface area (Å²) in [5, 5.41) is 8.33. The molecule has 0 aromatic heterocycles. The lowest BCUT2D eigenvalue weighted by atomic mass is 10.1. The molecule has 0 rings (SSSR count). The van der Waals surface area contributed by atoms with Crippen molar-refractivity contribution in [3.63, 3.8) is 0 Å². The summed E-state index contributed by atoms with van der Waals surface area (Å²) in [6.45, 7) is 0. The second-order valence-electron chi connectivity index (χ2n) is 2.38. The van der Waals surface area contributed by atoms with Crippen molar-refractivity contribution in [2.75, 3.05) is 5.88 Å². The summed E-state index contributed by atoms with van der Waals surface area (Å²) < 4.78 is 0. The molecule has 0 spiro atoms. The number of hydrogen-bond acceptors (Lipinski definition) is 4. The first-order valence-corrected chi connectivity index (χ1v) is 3.85. The Hall–Kier alpha value is -0.650. The van der Waals surface area contributed by atoms with Crippen molar-refractivity contribution < 1.29 is 14.7 Å². The molecule has 0 aliphatic carbocycles. The minimum atomic E-state index is -1.22. The normalized spacial score (nSPS) is 15.2. The highest BCUT2D eigenvalue weighted by Gasteiger charge is 2.20. The smallest absolute Gasteiger partial charge is 0.320 e. The van der Waals surface area contributed by atoms with E-state index in [-0.39, 0.29) is 12.3 Å². The van der Waals surface area contributed by atoms with Crippen LogP contribution in [0.4, 0.5) is 0 Å². The quantitative estimate of drug-likeness (QED) is 0.483. The van der Waals surface area contributed by atoms with E-state index in [1.807, 2.05) is 0 Å². The van der Waals surface area contributed by atoms with Crippen molar-refractivity contribution in [3.05, 3.63) is 0 Å². The van der Waals surface area contributed by atoms with Gasteiger partial charge in [-0.3, -0.25) is 9.59 Å². The van der Waals surface area contributed by atoms with Gasteiger partial charge in [0.2, 0.25) is 0 Å². The number of hydrogen-bond donors (Lipinski definition) is 3. The fourth-order valence-electron chi connectivity index (χ4n) is 0.541. The fraction of sp³-hybridized carbons (Fsp3) is 0.667. The maximum Gasteiger partial charge on any atom is 0.320 e. The molecule has 0 aliphatic heterocycles. The summed E-state index contributed by atoms with van der Waals surface area (Å²) in [6.07, 6.45) is -0.275. The number of carboxylic acids is 1. The van der Waals surface area contributed by atoms with Gasteiger partial charge in [0.25, 0.3) is 0 Å². The van der Waals surface area contributed by atoms with E-state index in [4.69, 9.17) is 28.2 Å². The summed E-state index contributed by atoms with van der Waals surface area (Å²) in [4.78, 5) is 21.1. The average molecular weight is 195 g/mol. The third kappa shape index (κ3) is 3.66. The molecule has 6 heteroatoms. The van der Waals surface area contributed by atoms with Crippen LogP contribution in [0.2, 0.25) is 0 Å². The number of nitrogens with two attached hydrogens (primary N) is 2. The molecule has 0 saturated heterocycles. The van der Waals surface area contributed by atoms with E-state index in [0.29, 0.717) is 0 Å². The molecule has 0 aromatic carbocycles. The third-order valence-electron chi connectivity index (χ3n) is 1.32. The molecule has 12 heavy (non-hydrogen) atoms. The van der Waals surface area contributed by atoms with Crippen molar-refractivity contribution >= 4 is 23.4 Å². The van der Waals surface area contributed by atoms with E-state index in [2.05, 4.69) is 0 Å². The largest absolute Gasteiger partial charge is 0.480 e. The lowest BCUT2D eigenvalue weighted by Crippen LogP contribution is -2.39. The van der Waals surface area contributed by atoms with Gasteiger partial charge in [0.05, 0.1) is 6.04 Å². The van der Waals surface area contributed by atoms with E-state index in [9.17, 15) is 9.59 Å². The Morgan fingerprint density at radius 1 is 1.33 bits per heavy atom. The fourth-order valence-corrected chi connectivity index (χ4v) is 0.714. The molecule has 2 atom stereocenters. The highest BCUT2D eigenvalue weighted by Crippen LogP contribution is 1.95. The third-order valence-corrected chi connectivity index (χ3v) is 1.65. The Morgan fingerprint density at radius 2 is 1.83 bits per heavy atom. The van der Waals surface area contributed by atoms with Gasteiger partial charge in [-0.05, 0) is 0 Å². The average Bonchev–Trinajstić information content (AvgIpc) is 2.02. The van der Waals surface area contributed by atoms with Crippen molar-refractivity contribution in [1.29, 1.82) is 0 Å². The van der Waals surface area contributed by atoms with Gasteiger partial charge in [0.1, 0.15) is 6.04 Å². The zero-order valence-electron chi connectivity index (χ0n) is 6.37. The Morgan fingerprint density at radius 3 is 2.17 bits per heavy atom. The number of Topliss-reactive ketones (excluding diaryl/α,β-unsaturated/α-hetero) is 1. The van der Waals surface area contributed by atoms with Crippen LogP contribution in [0.15, 0.2) is 0 Å². The Bertz CT molecular complexity index is 186. The maximum atomic E-state index is 10.9. The molecule has 0 fully saturated rings. The van der Waals surface area contributed by atoms with Crippen LogP contribution in [0.5, 0.6) is 0 Å². The molecule has 1 unspecified atom stereocenters. The standard InChI is InChI=1S/C6H11ClN2O3/c7-2-4(9)5(10)1-3(8)6(11)12/h3-4H,1-2,8-9H2,(H,11,12)/t3-,4?/m0/s1. The van der Waals surface area contributed by atoms with Gasteiger partial charge in [-0.2, -0.15) is 0 Å². The SMILES string of the molecule is NC(CCl)C(=O)C[C@H](N)C(=O)O. The number of aliphatic carboxylic acids is 1. The summed E-state index contributed by atoms with van der Waals surface area (Å²) in [6, 6.07) is -2.01. The number of carbonyl (C=O) groups excluding carboxylic acids is 1. The summed E-state index contributed by atoms with van der Waals surface area (Å²) in [5.74, 6) is -1.67. The number of halogens is 1. The van der Waals surface area contributed by atoms with E-state index < -0.39 is 23.8 Å². The molecular weight excluding hydrogens is 184 g/mol. The monoisotopic (exact) mass is 194 g/mol. The maximum absolute atomic E-state index is 10.9. The van der Waals surface area contributed by atoms with Crippen LogP contribution in [0, 0.1) is 0 Å². The van der Waals surface area contributed by atoms with Gasteiger partial charge >= 0.3 is 5.97 Å². The minimum absolute atomic E-state index is 0.0226. The molecular formula is C6H11ClN2O3. The van der Waals surface area contributed by atoms with Gasteiger partial charge in [0.15, 0.2) is 5.78 Å². The number of alkyl halides is 1. The van der Waals surface area contributed by atoms with E-state index >= 15 is 0 Å². The molecule has 5 nitrogen and oxygen atoms in total. The second kappa shape index (κ2) is 5.08. The molecule has 0 bridgehead atoms. The van der Waals surface area contributed by atoms with Crippen LogP contribution in [-0.4, -0.2) is 34.8 Å². The summed E-state index contributed by atoms with van der Waals surface area (Å²) in [7, 11) is 0. The summed E-state index contributed by atoms with van der Waals surface area (Å²) >= 11 is 5.28. The van der Waals surface area contributed by atoms with Crippen LogP contribution < -0.4 is 11.5 Å². The van der Waals surface area contributed by atoms with Crippen molar-refractivity contribution in [2.45, 2.75) is 18.5 Å². The highest BCUT2D eigenvalue weighted by atomic mass is 35.5. The molecule has 0 radical (unpaired) electrons. The Labute approximate surface area is 74.7 Å². The number of carbonyl (C=O) groups is 2. The van der Waals surface area contributed by atoms with Crippen LogP contribution in [0.25, 0.3) is 0 Å². The van der Waals surface area contributed by atoms with Crippen LogP contribution >= 0.6 is 11.6 Å². The first-order chi connectivity index (χ1) is 5.49. The lowest BCUT2D eigenvalue weighted by molar-refractivity contribution is -0.140. The van der Waals surface area contributed by atoms with Crippen molar-refractivity contribution in [1.82, 2.24) is 0 Å².